The maximum atomic E-state index is 9.73. The van der Waals surface area contributed by atoms with Gasteiger partial charge in [0.1, 0.15) is 0 Å². The van der Waals surface area contributed by atoms with E-state index in [0.29, 0.717) is 5.92 Å². The molecule has 1 aromatic rings. The van der Waals surface area contributed by atoms with E-state index in [1.165, 1.54) is 5.56 Å². The van der Waals surface area contributed by atoms with Gasteiger partial charge in [-0.1, -0.05) is 37.3 Å². The molecule has 0 amide bonds. The number of aliphatic hydroxyl groups is 1. The number of piperidine rings is 1. The summed E-state index contributed by atoms with van der Waals surface area (Å²) in [6.07, 6.45) is 2.06. The van der Waals surface area contributed by atoms with Crippen molar-refractivity contribution in [1.29, 1.82) is 0 Å². The minimum absolute atomic E-state index is 0.133. The standard InChI is InChI=1S/C18H30N2O/c1-15(21)16-9-11-20(12-10-16)14-18(2,13-19-3)17-7-5-4-6-8-17/h4-8,15-16,19,21H,9-14H2,1-3H3. The quantitative estimate of drug-likeness (QED) is 0.843. The molecule has 0 bridgehead atoms. The lowest BCUT2D eigenvalue weighted by atomic mass is 9.81. The second-order valence-electron chi connectivity index (χ2n) is 6.81. The number of aliphatic hydroxyl groups excluding tert-OH is 1. The van der Waals surface area contributed by atoms with Crippen molar-refractivity contribution in [3.63, 3.8) is 0 Å². The van der Waals surface area contributed by atoms with E-state index in [1.807, 2.05) is 14.0 Å². The maximum absolute atomic E-state index is 9.73. The second kappa shape index (κ2) is 7.39. The molecule has 1 aromatic carbocycles. The molecule has 1 aliphatic heterocycles. The SMILES string of the molecule is CNCC(C)(CN1CCC(C(C)O)CC1)c1ccccc1. The van der Waals surface area contributed by atoms with E-state index in [2.05, 4.69) is 47.5 Å². The molecule has 1 fully saturated rings. The predicted molar refractivity (Wildman–Crippen MR) is 88.6 cm³/mol. The molecule has 1 saturated heterocycles. The molecular weight excluding hydrogens is 260 g/mol. The van der Waals surface area contributed by atoms with Crippen molar-refractivity contribution in [2.45, 2.75) is 38.2 Å². The summed E-state index contributed by atoms with van der Waals surface area (Å²) in [5, 5.41) is 13.1. The lowest BCUT2D eigenvalue weighted by molar-refractivity contribution is 0.0644. The third kappa shape index (κ3) is 4.29. The Morgan fingerprint density at radius 3 is 2.43 bits per heavy atom. The lowest BCUT2D eigenvalue weighted by Crippen LogP contribution is -2.48. The Morgan fingerprint density at radius 2 is 1.90 bits per heavy atom. The van der Waals surface area contributed by atoms with Crippen LogP contribution in [-0.4, -0.2) is 49.3 Å². The zero-order chi connectivity index (χ0) is 15.3. The van der Waals surface area contributed by atoms with Gasteiger partial charge in [-0.2, -0.15) is 0 Å². The van der Waals surface area contributed by atoms with Crippen LogP contribution in [0.4, 0.5) is 0 Å². The fourth-order valence-corrected chi connectivity index (χ4v) is 3.57. The summed E-state index contributed by atoms with van der Waals surface area (Å²) in [7, 11) is 2.03. The fraction of sp³-hybridized carbons (Fsp3) is 0.667. The van der Waals surface area contributed by atoms with Gasteiger partial charge >= 0.3 is 0 Å². The number of likely N-dealkylation sites (tertiary alicyclic amines) is 1. The third-order valence-corrected chi connectivity index (χ3v) is 4.92. The van der Waals surface area contributed by atoms with Gasteiger partial charge in [0.05, 0.1) is 6.10 Å². The Bertz CT molecular complexity index is 412. The Balaban J connectivity index is 2.01. The van der Waals surface area contributed by atoms with Crippen molar-refractivity contribution in [2.24, 2.45) is 5.92 Å². The summed E-state index contributed by atoms with van der Waals surface area (Å²) in [6, 6.07) is 10.8. The van der Waals surface area contributed by atoms with Crippen LogP contribution in [0, 0.1) is 5.92 Å². The molecule has 3 nitrogen and oxygen atoms in total. The summed E-state index contributed by atoms with van der Waals surface area (Å²) in [4.78, 5) is 2.56. The van der Waals surface area contributed by atoms with Crippen LogP contribution in [0.3, 0.4) is 0 Å². The molecule has 1 aliphatic rings. The maximum Gasteiger partial charge on any atom is 0.0541 e. The Labute approximate surface area is 129 Å². The highest BCUT2D eigenvalue weighted by atomic mass is 16.3. The van der Waals surface area contributed by atoms with Gasteiger partial charge in [-0.25, -0.2) is 0 Å². The highest BCUT2D eigenvalue weighted by Crippen LogP contribution is 2.27. The second-order valence-corrected chi connectivity index (χ2v) is 6.81. The highest BCUT2D eigenvalue weighted by Gasteiger charge is 2.31. The number of hydrogen-bond donors (Lipinski definition) is 2. The van der Waals surface area contributed by atoms with Crippen molar-refractivity contribution in [3.8, 4) is 0 Å². The van der Waals surface area contributed by atoms with Crippen LogP contribution >= 0.6 is 0 Å². The molecule has 2 atom stereocenters. The van der Waals surface area contributed by atoms with Crippen LogP contribution in [0.15, 0.2) is 30.3 Å². The first-order chi connectivity index (χ1) is 10.0. The van der Waals surface area contributed by atoms with E-state index in [9.17, 15) is 5.11 Å². The van der Waals surface area contributed by atoms with E-state index >= 15 is 0 Å². The number of hydrogen-bond acceptors (Lipinski definition) is 3. The summed E-state index contributed by atoms with van der Waals surface area (Å²) in [6.45, 7) is 8.52. The fourth-order valence-electron chi connectivity index (χ4n) is 3.57. The van der Waals surface area contributed by atoms with Crippen LogP contribution in [0.25, 0.3) is 0 Å². The number of nitrogens with one attached hydrogen (secondary N) is 1. The van der Waals surface area contributed by atoms with E-state index in [-0.39, 0.29) is 11.5 Å². The molecule has 3 heteroatoms. The molecule has 2 N–H and O–H groups in total. The van der Waals surface area contributed by atoms with E-state index in [1.54, 1.807) is 0 Å². The number of benzene rings is 1. The monoisotopic (exact) mass is 290 g/mol. The minimum Gasteiger partial charge on any atom is -0.393 e. The molecule has 0 radical (unpaired) electrons. The first-order valence-electron chi connectivity index (χ1n) is 8.16. The average molecular weight is 290 g/mol. The van der Waals surface area contributed by atoms with Gasteiger partial charge in [0.2, 0.25) is 0 Å². The molecule has 2 rings (SSSR count). The van der Waals surface area contributed by atoms with Crippen molar-refractivity contribution >= 4 is 0 Å². The molecule has 0 spiro atoms. The van der Waals surface area contributed by atoms with E-state index < -0.39 is 0 Å². The molecule has 0 aliphatic carbocycles. The third-order valence-electron chi connectivity index (χ3n) is 4.92. The Kier molecular flexibility index (Phi) is 5.80. The largest absolute Gasteiger partial charge is 0.393 e. The lowest BCUT2D eigenvalue weighted by Gasteiger charge is -2.40. The van der Waals surface area contributed by atoms with Crippen molar-refractivity contribution in [2.75, 3.05) is 33.2 Å². The summed E-state index contributed by atoms with van der Waals surface area (Å²) < 4.78 is 0. The summed E-state index contributed by atoms with van der Waals surface area (Å²) >= 11 is 0. The van der Waals surface area contributed by atoms with Gasteiger partial charge < -0.3 is 15.3 Å². The van der Waals surface area contributed by atoms with E-state index in [0.717, 1.165) is 39.0 Å². The van der Waals surface area contributed by atoms with Gasteiger partial charge in [0.15, 0.2) is 0 Å². The summed E-state index contributed by atoms with van der Waals surface area (Å²) in [5.74, 6) is 0.480. The average Bonchev–Trinajstić information content (AvgIpc) is 2.49. The molecule has 21 heavy (non-hydrogen) atoms. The van der Waals surface area contributed by atoms with Crippen LogP contribution in [0.5, 0.6) is 0 Å². The van der Waals surface area contributed by atoms with Gasteiger partial charge in [0.25, 0.3) is 0 Å². The van der Waals surface area contributed by atoms with Crippen molar-refractivity contribution < 1.29 is 5.11 Å². The molecule has 0 aromatic heterocycles. The number of rotatable bonds is 6. The topological polar surface area (TPSA) is 35.5 Å². The van der Waals surface area contributed by atoms with Crippen LogP contribution in [0.2, 0.25) is 0 Å². The van der Waals surface area contributed by atoms with Crippen molar-refractivity contribution in [3.05, 3.63) is 35.9 Å². The smallest absolute Gasteiger partial charge is 0.0541 e. The predicted octanol–water partition coefficient (Wildman–Crippen LogP) is 2.26. The molecule has 0 saturated carbocycles. The first-order valence-corrected chi connectivity index (χ1v) is 8.16. The zero-order valence-electron chi connectivity index (χ0n) is 13.7. The van der Waals surface area contributed by atoms with Crippen LogP contribution in [-0.2, 0) is 5.41 Å². The van der Waals surface area contributed by atoms with E-state index in [4.69, 9.17) is 0 Å². The van der Waals surface area contributed by atoms with Gasteiger partial charge in [-0.15, -0.1) is 0 Å². The normalized spacial score (nSPS) is 21.9. The molecule has 1 heterocycles. The van der Waals surface area contributed by atoms with Crippen LogP contribution < -0.4 is 5.32 Å². The Hall–Kier alpha value is -0.900. The van der Waals surface area contributed by atoms with Crippen molar-refractivity contribution in [1.82, 2.24) is 10.2 Å². The number of nitrogens with zero attached hydrogens (tertiary/aromatic N) is 1. The molecular formula is C18H30N2O. The van der Waals surface area contributed by atoms with Crippen LogP contribution in [0.1, 0.15) is 32.3 Å². The first kappa shape index (κ1) is 16.5. The molecule has 2 unspecified atom stereocenters. The van der Waals surface area contributed by atoms with Gasteiger partial charge in [0, 0.05) is 18.5 Å². The minimum atomic E-state index is -0.162. The highest BCUT2D eigenvalue weighted by molar-refractivity contribution is 5.25. The molecule has 118 valence electrons. The zero-order valence-corrected chi connectivity index (χ0v) is 13.7. The number of likely N-dealkylation sites (N-methyl/N-ethyl adjacent to an activating group) is 1. The Morgan fingerprint density at radius 1 is 1.29 bits per heavy atom. The van der Waals surface area contributed by atoms with Gasteiger partial charge in [-0.05, 0) is 51.4 Å². The van der Waals surface area contributed by atoms with Gasteiger partial charge in [-0.3, -0.25) is 0 Å². The summed E-state index contributed by atoms with van der Waals surface area (Å²) in [5.41, 5.74) is 1.53.